The van der Waals surface area contributed by atoms with E-state index in [0.717, 1.165) is 35.7 Å². The van der Waals surface area contributed by atoms with Crippen LogP contribution in [-0.4, -0.2) is 29.1 Å². The Kier molecular flexibility index (Phi) is 6.43. The van der Waals surface area contributed by atoms with Crippen LogP contribution in [0.1, 0.15) is 24.2 Å². The number of anilines is 5. The SMILES string of the molecule is Cc1ccc(Nc2cc(Nc3ccc(NC(=O)C4CCOCC4)cc3)nc(C)n2)cc1. The maximum absolute atomic E-state index is 12.4. The summed E-state index contributed by atoms with van der Waals surface area (Å²) in [6.07, 6.45) is 1.55. The van der Waals surface area contributed by atoms with E-state index in [-0.39, 0.29) is 11.8 Å². The summed E-state index contributed by atoms with van der Waals surface area (Å²) in [6, 6.07) is 17.6. The van der Waals surface area contributed by atoms with Crippen LogP contribution in [0.5, 0.6) is 0 Å². The zero-order valence-electron chi connectivity index (χ0n) is 17.8. The molecule has 7 nitrogen and oxygen atoms in total. The number of carbonyl (C=O) groups excluding carboxylic acids is 1. The van der Waals surface area contributed by atoms with Gasteiger partial charge in [0.2, 0.25) is 5.91 Å². The Morgan fingerprint density at radius 3 is 1.94 bits per heavy atom. The summed E-state index contributed by atoms with van der Waals surface area (Å²) in [5.41, 5.74) is 3.84. The number of aromatic nitrogens is 2. The summed E-state index contributed by atoms with van der Waals surface area (Å²) in [6.45, 7) is 5.23. The van der Waals surface area contributed by atoms with E-state index in [2.05, 4.69) is 45.0 Å². The summed E-state index contributed by atoms with van der Waals surface area (Å²) in [5, 5.41) is 9.61. The summed E-state index contributed by atoms with van der Waals surface area (Å²) < 4.78 is 5.32. The van der Waals surface area contributed by atoms with E-state index in [1.807, 2.05) is 49.4 Å². The molecule has 1 aliphatic rings. The molecule has 1 saturated heterocycles. The molecule has 160 valence electrons. The lowest BCUT2D eigenvalue weighted by atomic mass is 9.99. The third kappa shape index (κ3) is 5.79. The van der Waals surface area contributed by atoms with E-state index in [9.17, 15) is 4.79 Å². The Bertz CT molecular complexity index is 1030. The number of aryl methyl sites for hydroxylation is 2. The highest BCUT2D eigenvalue weighted by molar-refractivity contribution is 5.92. The molecular weight excluding hydrogens is 390 g/mol. The van der Waals surface area contributed by atoms with Crippen molar-refractivity contribution in [2.24, 2.45) is 5.92 Å². The zero-order chi connectivity index (χ0) is 21.6. The predicted molar refractivity (Wildman–Crippen MR) is 123 cm³/mol. The second kappa shape index (κ2) is 9.57. The molecule has 1 fully saturated rings. The minimum Gasteiger partial charge on any atom is -0.381 e. The van der Waals surface area contributed by atoms with Gasteiger partial charge in [0.15, 0.2) is 0 Å². The van der Waals surface area contributed by atoms with Crippen molar-refractivity contribution in [3.63, 3.8) is 0 Å². The normalized spacial score (nSPS) is 14.1. The van der Waals surface area contributed by atoms with Gasteiger partial charge in [-0.25, -0.2) is 9.97 Å². The second-order valence-corrected chi connectivity index (χ2v) is 7.75. The molecule has 31 heavy (non-hydrogen) atoms. The van der Waals surface area contributed by atoms with Gasteiger partial charge < -0.3 is 20.7 Å². The molecule has 3 N–H and O–H groups in total. The molecule has 0 saturated carbocycles. The quantitative estimate of drug-likeness (QED) is 0.526. The van der Waals surface area contributed by atoms with E-state index in [0.29, 0.717) is 24.9 Å². The summed E-state index contributed by atoms with van der Waals surface area (Å²) >= 11 is 0. The topological polar surface area (TPSA) is 88.2 Å². The van der Waals surface area contributed by atoms with Crippen molar-refractivity contribution >= 4 is 34.6 Å². The van der Waals surface area contributed by atoms with Gasteiger partial charge in [-0.2, -0.15) is 0 Å². The smallest absolute Gasteiger partial charge is 0.227 e. The van der Waals surface area contributed by atoms with Gasteiger partial charge in [0.25, 0.3) is 0 Å². The van der Waals surface area contributed by atoms with Crippen molar-refractivity contribution in [2.45, 2.75) is 26.7 Å². The molecule has 0 atom stereocenters. The van der Waals surface area contributed by atoms with Crippen molar-refractivity contribution in [1.82, 2.24) is 9.97 Å². The molecule has 0 aliphatic carbocycles. The molecule has 2 aromatic carbocycles. The summed E-state index contributed by atoms with van der Waals surface area (Å²) in [5.74, 6) is 2.16. The number of rotatable bonds is 6. The van der Waals surface area contributed by atoms with Crippen LogP contribution in [0.4, 0.5) is 28.7 Å². The Balaban J connectivity index is 1.39. The van der Waals surface area contributed by atoms with Crippen LogP contribution in [0.2, 0.25) is 0 Å². The fourth-order valence-corrected chi connectivity index (χ4v) is 3.47. The van der Waals surface area contributed by atoms with E-state index in [4.69, 9.17) is 4.74 Å². The third-order valence-electron chi connectivity index (χ3n) is 5.18. The largest absolute Gasteiger partial charge is 0.381 e. The molecular formula is C24H27N5O2. The average molecular weight is 418 g/mol. The number of nitrogens with one attached hydrogen (secondary N) is 3. The van der Waals surface area contributed by atoms with E-state index in [1.165, 1.54) is 5.56 Å². The third-order valence-corrected chi connectivity index (χ3v) is 5.18. The van der Waals surface area contributed by atoms with Gasteiger partial charge >= 0.3 is 0 Å². The molecule has 1 amide bonds. The number of benzene rings is 2. The highest BCUT2D eigenvalue weighted by Crippen LogP contribution is 2.23. The van der Waals surface area contributed by atoms with Crippen LogP contribution in [0.25, 0.3) is 0 Å². The lowest BCUT2D eigenvalue weighted by molar-refractivity contribution is -0.122. The van der Waals surface area contributed by atoms with E-state index >= 15 is 0 Å². The first kappa shape index (κ1) is 20.8. The fourth-order valence-electron chi connectivity index (χ4n) is 3.47. The number of amides is 1. The number of hydrogen-bond acceptors (Lipinski definition) is 6. The number of nitrogens with zero attached hydrogens (tertiary/aromatic N) is 2. The summed E-state index contributed by atoms with van der Waals surface area (Å²) in [7, 11) is 0. The minimum atomic E-state index is 0.0231. The maximum atomic E-state index is 12.4. The molecule has 1 aliphatic heterocycles. The van der Waals surface area contributed by atoms with Gasteiger partial charge in [-0.15, -0.1) is 0 Å². The first-order valence-corrected chi connectivity index (χ1v) is 10.5. The van der Waals surface area contributed by atoms with Gasteiger partial charge in [-0.05, 0) is 63.1 Å². The van der Waals surface area contributed by atoms with Crippen LogP contribution in [0.3, 0.4) is 0 Å². The molecule has 4 rings (SSSR count). The Morgan fingerprint density at radius 2 is 1.35 bits per heavy atom. The number of carbonyl (C=O) groups is 1. The summed E-state index contributed by atoms with van der Waals surface area (Å²) in [4.78, 5) is 21.3. The highest BCUT2D eigenvalue weighted by atomic mass is 16.5. The lowest BCUT2D eigenvalue weighted by Crippen LogP contribution is -2.28. The van der Waals surface area contributed by atoms with Crippen molar-refractivity contribution in [2.75, 3.05) is 29.2 Å². The van der Waals surface area contributed by atoms with Gasteiger partial charge in [0.05, 0.1) is 0 Å². The molecule has 1 aromatic heterocycles. The molecule has 0 unspecified atom stereocenters. The standard InChI is InChI=1S/C24H27N5O2/c1-16-3-5-19(6-4-16)27-22-15-23(26-17(2)25-22)28-20-7-9-21(10-8-20)29-24(30)18-11-13-31-14-12-18/h3-10,15,18H,11-14H2,1-2H3,(H,29,30)(H2,25,26,27,28). The molecule has 3 aromatic rings. The van der Waals surface area contributed by atoms with Gasteiger partial charge in [0.1, 0.15) is 17.5 Å². The zero-order valence-corrected chi connectivity index (χ0v) is 17.8. The van der Waals surface area contributed by atoms with Crippen LogP contribution < -0.4 is 16.0 Å². The van der Waals surface area contributed by atoms with Gasteiger partial charge in [-0.3, -0.25) is 4.79 Å². The van der Waals surface area contributed by atoms with E-state index in [1.54, 1.807) is 0 Å². The molecule has 2 heterocycles. The van der Waals surface area contributed by atoms with Crippen LogP contribution in [0.15, 0.2) is 54.6 Å². The van der Waals surface area contributed by atoms with E-state index < -0.39 is 0 Å². The van der Waals surface area contributed by atoms with Crippen molar-refractivity contribution < 1.29 is 9.53 Å². The minimum absolute atomic E-state index is 0.0231. The average Bonchev–Trinajstić information content (AvgIpc) is 2.77. The monoisotopic (exact) mass is 417 g/mol. The molecule has 0 bridgehead atoms. The lowest BCUT2D eigenvalue weighted by Gasteiger charge is -2.21. The Hall–Kier alpha value is -3.45. The number of ether oxygens (including phenoxy) is 1. The fraction of sp³-hybridized carbons (Fsp3) is 0.292. The predicted octanol–water partition coefficient (Wildman–Crippen LogP) is 4.95. The Morgan fingerprint density at radius 1 is 0.839 bits per heavy atom. The van der Waals surface area contributed by atoms with Gasteiger partial charge in [0, 0.05) is 42.3 Å². The van der Waals surface area contributed by atoms with Crippen molar-refractivity contribution in [3.05, 3.63) is 66.0 Å². The first-order chi connectivity index (χ1) is 15.0. The second-order valence-electron chi connectivity index (χ2n) is 7.75. The molecule has 0 radical (unpaired) electrons. The molecule has 7 heteroatoms. The van der Waals surface area contributed by atoms with Crippen LogP contribution in [0, 0.1) is 19.8 Å². The Labute approximate surface area is 182 Å². The van der Waals surface area contributed by atoms with Crippen molar-refractivity contribution in [1.29, 1.82) is 0 Å². The highest BCUT2D eigenvalue weighted by Gasteiger charge is 2.21. The van der Waals surface area contributed by atoms with Crippen LogP contribution >= 0.6 is 0 Å². The van der Waals surface area contributed by atoms with Crippen LogP contribution in [-0.2, 0) is 9.53 Å². The number of hydrogen-bond donors (Lipinski definition) is 3. The van der Waals surface area contributed by atoms with Crippen molar-refractivity contribution in [3.8, 4) is 0 Å². The van der Waals surface area contributed by atoms with Gasteiger partial charge in [-0.1, -0.05) is 17.7 Å². The first-order valence-electron chi connectivity index (χ1n) is 10.5. The molecule has 0 spiro atoms. The maximum Gasteiger partial charge on any atom is 0.227 e.